The maximum atomic E-state index is 10.3. The number of carbonyl (C=O) groups is 1. The predicted octanol–water partition coefficient (Wildman–Crippen LogP) is 2.17. The summed E-state index contributed by atoms with van der Waals surface area (Å²) in [6.07, 6.45) is 0.820. The molecular formula is C10H9Cl2NO2. The molecular weight excluding hydrogens is 237 g/mol. The Labute approximate surface area is 97.3 Å². The molecule has 0 spiro atoms. The van der Waals surface area contributed by atoms with Gasteiger partial charge in [0.2, 0.25) is 0 Å². The summed E-state index contributed by atoms with van der Waals surface area (Å²) in [6.45, 7) is 1.95. The number of nitrogens with one attached hydrogen (secondary N) is 1. The van der Waals surface area contributed by atoms with Crippen LogP contribution in [0.25, 0.3) is 0 Å². The molecule has 1 N–H and O–H groups in total. The molecule has 0 fully saturated rings. The summed E-state index contributed by atoms with van der Waals surface area (Å²) in [5.74, 6) is 0.258. The van der Waals surface area contributed by atoms with Crippen molar-refractivity contribution in [1.29, 1.82) is 0 Å². The lowest BCUT2D eigenvalue weighted by molar-refractivity contribution is -0.120. The van der Waals surface area contributed by atoms with E-state index in [0.717, 1.165) is 30.6 Å². The van der Waals surface area contributed by atoms with Crippen LogP contribution in [-0.4, -0.2) is 13.0 Å². The third-order valence-corrected chi connectivity index (χ3v) is 3.08. The van der Waals surface area contributed by atoms with E-state index >= 15 is 0 Å². The lowest BCUT2D eigenvalue weighted by atomic mass is 10.0. The van der Waals surface area contributed by atoms with Gasteiger partial charge in [0.15, 0.2) is 5.75 Å². The number of halogens is 2. The maximum absolute atomic E-state index is 10.3. The monoisotopic (exact) mass is 245 g/mol. The average Bonchev–Trinajstić information content (AvgIpc) is 2.24. The Balaban J connectivity index is 2.53. The van der Waals surface area contributed by atoms with Crippen molar-refractivity contribution in [2.75, 3.05) is 6.54 Å². The van der Waals surface area contributed by atoms with Crippen LogP contribution in [0.5, 0.6) is 5.75 Å². The van der Waals surface area contributed by atoms with Gasteiger partial charge in [-0.1, -0.05) is 23.2 Å². The van der Waals surface area contributed by atoms with Gasteiger partial charge >= 0.3 is 0 Å². The van der Waals surface area contributed by atoms with E-state index in [0.29, 0.717) is 16.5 Å². The van der Waals surface area contributed by atoms with Gasteiger partial charge in [0.05, 0.1) is 10.0 Å². The molecule has 0 aromatic heterocycles. The normalized spacial score (nSPS) is 14.5. The fourth-order valence-electron chi connectivity index (χ4n) is 1.71. The molecule has 0 unspecified atom stereocenters. The Morgan fingerprint density at radius 1 is 1.47 bits per heavy atom. The van der Waals surface area contributed by atoms with Crippen LogP contribution in [0, 0.1) is 0 Å². The van der Waals surface area contributed by atoms with Gasteiger partial charge in [-0.3, -0.25) is 4.79 Å². The molecule has 3 nitrogen and oxygen atoms in total. The summed E-state index contributed by atoms with van der Waals surface area (Å²) < 4.78 is 4.77. The van der Waals surface area contributed by atoms with E-state index in [1.165, 1.54) is 0 Å². The van der Waals surface area contributed by atoms with Crippen LogP contribution in [0.3, 0.4) is 0 Å². The minimum Gasteiger partial charge on any atom is -0.426 e. The van der Waals surface area contributed by atoms with Crippen LogP contribution in [0.1, 0.15) is 11.1 Å². The number of benzene rings is 1. The Morgan fingerprint density at radius 2 is 2.27 bits per heavy atom. The van der Waals surface area contributed by atoms with E-state index in [4.69, 9.17) is 27.9 Å². The van der Waals surface area contributed by atoms with E-state index in [1.807, 2.05) is 0 Å². The lowest BCUT2D eigenvalue weighted by Gasteiger charge is -2.20. The van der Waals surface area contributed by atoms with E-state index < -0.39 is 0 Å². The zero-order valence-corrected chi connectivity index (χ0v) is 9.36. The molecule has 1 aromatic rings. The minimum absolute atomic E-state index is 0.258. The number of rotatable bonds is 2. The van der Waals surface area contributed by atoms with Crippen molar-refractivity contribution >= 4 is 29.7 Å². The average molecular weight is 246 g/mol. The highest BCUT2D eigenvalue weighted by Crippen LogP contribution is 2.38. The van der Waals surface area contributed by atoms with Crippen LogP contribution < -0.4 is 10.1 Å². The molecule has 0 bridgehead atoms. The van der Waals surface area contributed by atoms with E-state index in [-0.39, 0.29) is 5.75 Å². The first-order valence-corrected chi connectivity index (χ1v) is 5.30. The summed E-state index contributed by atoms with van der Waals surface area (Å²) in [6, 6.07) is 1.79. The molecule has 80 valence electrons. The molecule has 0 amide bonds. The molecule has 5 heteroatoms. The number of fused-ring (bicyclic) bond motifs is 1. The maximum Gasteiger partial charge on any atom is 0.298 e. The van der Waals surface area contributed by atoms with Gasteiger partial charge in [0.25, 0.3) is 6.47 Å². The second kappa shape index (κ2) is 4.39. The van der Waals surface area contributed by atoms with Crippen molar-refractivity contribution in [2.45, 2.75) is 13.0 Å². The molecule has 2 rings (SSSR count). The molecule has 0 atom stereocenters. The van der Waals surface area contributed by atoms with Gasteiger partial charge < -0.3 is 10.1 Å². The highest BCUT2D eigenvalue weighted by atomic mass is 35.5. The fourth-order valence-corrected chi connectivity index (χ4v) is 2.39. The molecule has 1 aliphatic heterocycles. The standard InChI is InChI=1S/C10H9Cl2NO2/c11-8-3-6-4-13-2-1-7(6)9(12)10(8)15-5-14/h3,5,13H,1-2,4H2. The fraction of sp³-hybridized carbons (Fsp3) is 0.300. The quantitative estimate of drug-likeness (QED) is 0.812. The van der Waals surface area contributed by atoms with Crippen LogP contribution in [0.15, 0.2) is 6.07 Å². The third kappa shape index (κ3) is 1.95. The van der Waals surface area contributed by atoms with Crippen LogP contribution >= 0.6 is 23.2 Å². The molecule has 1 aromatic carbocycles. The molecule has 0 radical (unpaired) electrons. The minimum atomic E-state index is 0.258. The molecule has 0 saturated carbocycles. The van der Waals surface area contributed by atoms with Gasteiger partial charge in [-0.15, -0.1) is 0 Å². The number of carbonyl (C=O) groups excluding carboxylic acids is 1. The van der Waals surface area contributed by atoms with E-state index in [9.17, 15) is 4.79 Å². The molecule has 0 saturated heterocycles. The number of hydrogen-bond acceptors (Lipinski definition) is 3. The van der Waals surface area contributed by atoms with Crippen molar-refractivity contribution in [3.63, 3.8) is 0 Å². The second-order valence-electron chi connectivity index (χ2n) is 3.28. The van der Waals surface area contributed by atoms with Gasteiger partial charge in [-0.2, -0.15) is 0 Å². The highest BCUT2D eigenvalue weighted by molar-refractivity contribution is 6.38. The highest BCUT2D eigenvalue weighted by Gasteiger charge is 2.19. The van der Waals surface area contributed by atoms with Gasteiger partial charge in [0, 0.05) is 6.54 Å². The Bertz CT molecular complexity index is 407. The first-order valence-electron chi connectivity index (χ1n) is 4.55. The van der Waals surface area contributed by atoms with Gasteiger partial charge in [0.1, 0.15) is 0 Å². The van der Waals surface area contributed by atoms with Crippen LogP contribution in [0.2, 0.25) is 10.0 Å². The van der Waals surface area contributed by atoms with Crippen molar-refractivity contribution in [3.8, 4) is 5.75 Å². The molecule has 1 heterocycles. The first-order chi connectivity index (χ1) is 7.24. The molecule has 0 aliphatic carbocycles. The summed E-state index contributed by atoms with van der Waals surface area (Å²) in [4.78, 5) is 10.3. The summed E-state index contributed by atoms with van der Waals surface area (Å²) >= 11 is 12.1. The number of ether oxygens (including phenoxy) is 1. The SMILES string of the molecule is O=COc1c(Cl)cc2c(c1Cl)CCNC2. The summed E-state index contributed by atoms with van der Waals surface area (Å²) in [5, 5.41) is 4.04. The van der Waals surface area contributed by atoms with Gasteiger partial charge in [-0.05, 0) is 30.2 Å². The summed E-state index contributed by atoms with van der Waals surface area (Å²) in [7, 11) is 0. The Kier molecular flexibility index (Phi) is 3.14. The smallest absolute Gasteiger partial charge is 0.298 e. The second-order valence-corrected chi connectivity index (χ2v) is 4.07. The largest absolute Gasteiger partial charge is 0.426 e. The zero-order valence-electron chi connectivity index (χ0n) is 7.85. The zero-order chi connectivity index (χ0) is 10.8. The molecule has 15 heavy (non-hydrogen) atoms. The van der Waals surface area contributed by atoms with Crippen LogP contribution in [-0.2, 0) is 17.8 Å². The van der Waals surface area contributed by atoms with Gasteiger partial charge in [-0.25, -0.2) is 0 Å². The first kappa shape index (κ1) is 10.7. The lowest BCUT2D eigenvalue weighted by Crippen LogP contribution is -2.24. The Hall–Kier alpha value is -0.770. The van der Waals surface area contributed by atoms with Crippen molar-refractivity contribution in [2.24, 2.45) is 0 Å². The van der Waals surface area contributed by atoms with Crippen molar-refractivity contribution in [3.05, 3.63) is 27.2 Å². The Morgan fingerprint density at radius 3 is 3.00 bits per heavy atom. The van der Waals surface area contributed by atoms with Crippen molar-refractivity contribution < 1.29 is 9.53 Å². The predicted molar refractivity (Wildman–Crippen MR) is 58.6 cm³/mol. The topological polar surface area (TPSA) is 38.3 Å². The summed E-state index contributed by atoms with van der Waals surface area (Å²) in [5.41, 5.74) is 2.08. The van der Waals surface area contributed by atoms with E-state index in [2.05, 4.69) is 5.32 Å². The molecule has 1 aliphatic rings. The third-order valence-electron chi connectivity index (χ3n) is 2.40. The van der Waals surface area contributed by atoms with E-state index in [1.54, 1.807) is 6.07 Å². The van der Waals surface area contributed by atoms with Crippen molar-refractivity contribution in [1.82, 2.24) is 5.32 Å². The number of hydrogen-bond donors (Lipinski definition) is 1. The van der Waals surface area contributed by atoms with Crippen LogP contribution in [0.4, 0.5) is 0 Å².